The Balaban J connectivity index is 1.86. The highest BCUT2D eigenvalue weighted by molar-refractivity contribution is 6.31. The molecule has 0 aliphatic rings. The summed E-state index contributed by atoms with van der Waals surface area (Å²) in [4.78, 5) is 38.4. The average molecular weight is 432 g/mol. The van der Waals surface area contributed by atoms with Crippen LogP contribution in [0.1, 0.15) is 25.0 Å². The third-order valence-corrected chi connectivity index (χ3v) is 4.65. The topological polar surface area (TPSA) is 87.7 Å². The molecule has 0 fully saturated rings. The number of hydrogen-bond acceptors (Lipinski definition) is 4. The molecule has 0 unspecified atom stereocenters. The van der Waals surface area contributed by atoms with Gasteiger partial charge >= 0.3 is 6.09 Å². The number of nitrogens with one attached hydrogen (secondary N) is 2. The number of benzene rings is 2. The summed E-state index contributed by atoms with van der Waals surface area (Å²) < 4.78 is 5.13. The van der Waals surface area contributed by atoms with Crippen molar-refractivity contribution in [1.82, 2.24) is 10.2 Å². The first-order valence-electron chi connectivity index (χ1n) is 9.62. The molecule has 2 N–H and O–H groups in total. The van der Waals surface area contributed by atoms with Crippen molar-refractivity contribution in [1.29, 1.82) is 0 Å². The van der Waals surface area contributed by atoms with Crippen LogP contribution in [0.3, 0.4) is 0 Å². The van der Waals surface area contributed by atoms with Crippen molar-refractivity contribution in [3.8, 4) is 0 Å². The Hall–Kier alpha value is -3.06. The predicted molar refractivity (Wildman–Crippen MR) is 116 cm³/mol. The van der Waals surface area contributed by atoms with E-state index in [0.29, 0.717) is 17.3 Å². The molecule has 2 aromatic rings. The summed E-state index contributed by atoms with van der Waals surface area (Å²) in [6, 6.07) is 13.6. The van der Waals surface area contributed by atoms with Crippen molar-refractivity contribution in [3.05, 3.63) is 64.7 Å². The van der Waals surface area contributed by atoms with E-state index in [-0.39, 0.29) is 25.0 Å². The summed E-state index contributed by atoms with van der Waals surface area (Å²) in [5, 5.41) is 5.77. The number of hydrogen-bond donors (Lipinski definition) is 2. The molecule has 0 aliphatic carbocycles. The lowest BCUT2D eigenvalue weighted by Crippen LogP contribution is -2.49. The van der Waals surface area contributed by atoms with Crippen molar-refractivity contribution >= 4 is 35.2 Å². The minimum atomic E-state index is -0.839. The molecule has 30 heavy (non-hydrogen) atoms. The van der Waals surface area contributed by atoms with Crippen molar-refractivity contribution in [2.24, 2.45) is 0 Å². The molecule has 3 amide bonds. The summed E-state index contributed by atoms with van der Waals surface area (Å²) in [6.07, 6.45) is -0.699. The Morgan fingerprint density at radius 3 is 2.50 bits per heavy atom. The van der Waals surface area contributed by atoms with E-state index in [9.17, 15) is 14.4 Å². The van der Waals surface area contributed by atoms with Gasteiger partial charge in [0.05, 0.1) is 6.54 Å². The van der Waals surface area contributed by atoms with Crippen molar-refractivity contribution in [2.45, 2.75) is 33.4 Å². The molecule has 0 aliphatic heterocycles. The molecule has 7 nitrogen and oxygen atoms in total. The summed E-state index contributed by atoms with van der Waals surface area (Å²) >= 11 is 5.97. The lowest BCUT2D eigenvalue weighted by atomic mass is 10.2. The summed E-state index contributed by atoms with van der Waals surface area (Å²) in [5.74, 6) is -0.735. The van der Waals surface area contributed by atoms with Gasteiger partial charge in [0.1, 0.15) is 12.6 Å². The van der Waals surface area contributed by atoms with Crippen LogP contribution in [0.2, 0.25) is 5.02 Å². The summed E-state index contributed by atoms with van der Waals surface area (Å²) in [5.41, 5.74) is 2.29. The Bertz CT molecular complexity index is 889. The number of carbonyl (C=O) groups is 3. The van der Waals surface area contributed by atoms with E-state index in [1.165, 1.54) is 4.90 Å². The molecule has 0 bridgehead atoms. The third kappa shape index (κ3) is 7.08. The van der Waals surface area contributed by atoms with Gasteiger partial charge in [-0.05, 0) is 44.0 Å². The summed E-state index contributed by atoms with van der Waals surface area (Å²) in [6.45, 7) is 5.43. The van der Waals surface area contributed by atoms with Gasteiger partial charge in [-0.2, -0.15) is 0 Å². The Kier molecular flexibility index (Phi) is 8.68. The molecular formula is C22H26ClN3O4. The normalized spacial score (nSPS) is 11.3. The second-order valence-corrected chi connectivity index (χ2v) is 7.22. The minimum absolute atomic E-state index is 0.104. The molecule has 2 rings (SSSR count). The fourth-order valence-corrected chi connectivity index (χ4v) is 2.89. The first kappa shape index (κ1) is 23.2. The molecule has 0 heterocycles. The van der Waals surface area contributed by atoms with Gasteiger partial charge in [0.15, 0.2) is 0 Å². The molecule has 0 saturated heterocycles. The van der Waals surface area contributed by atoms with Crippen LogP contribution in [0.4, 0.5) is 10.5 Å². The molecule has 0 radical (unpaired) electrons. The Labute approximate surface area is 181 Å². The molecule has 160 valence electrons. The van der Waals surface area contributed by atoms with E-state index in [1.54, 1.807) is 32.0 Å². The standard InChI is InChI=1S/C22H26ClN3O4/c1-4-26(13-20(27)25-19-12-18(23)11-10-15(19)2)21(28)16(3)24-22(29)30-14-17-8-6-5-7-9-17/h5-12,16H,4,13-14H2,1-3H3,(H,24,29)(H,25,27)/t16-/m1/s1. The lowest BCUT2D eigenvalue weighted by Gasteiger charge is -2.24. The zero-order chi connectivity index (χ0) is 22.1. The maximum atomic E-state index is 12.6. The Morgan fingerprint density at radius 1 is 1.13 bits per heavy atom. The van der Waals surface area contributed by atoms with Crippen molar-refractivity contribution in [2.75, 3.05) is 18.4 Å². The number of carbonyl (C=O) groups excluding carboxylic acids is 3. The molecule has 2 aromatic carbocycles. The molecule has 0 aromatic heterocycles. The minimum Gasteiger partial charge on any atom is -0.445 e. The first-order valence-corrected chi connectivity index (χ1v) is 10.00. The van der Waals surface area contributed by atoms with Crippen LogP contribution < -0.4 is 10.6 Å². The smallest absolute Gasteiger partial charge is 0.408 e. The molecular weight excluding hydrogens is 406 g/mol. The molecule has 1 atom stereocenters. The second-order valence-electron chi connectivity index (χ2n) is 6.79. The van der Waals surface area contributed by atoms with E-state index >= 15 is 0 Å². The Morgan fingerprint density at radius 2 is 1.83 bits per heavy atom. The average Bonchev–Trinajstić information content (AvgIpc) is 2.73. The highest BCUT2D eigenvalue weighted by Gasteiger charge is 2.23. The molecule has 0 saturated carbocycles. The van der Waals surface area contributed by atoms with Crippen LogP contribution in [0, 0.1) is 6.92 Å². The highest BCUT2D eigenvalue weighted by atomic mass is 35.5. The summed E-state index contributed by atoms with van der Waals surface area (Å²) in [7, 11) is 0. The van der Waals surface area contributed by atoms with Crippen molar-refractivity contribution in [3.63, 3.8) is 0 Å². The maximum Gasteiger partial charge on any atom is 0.408 e. The molecule has 0 spiro atoms. The van der Waals surface area contributed by atoms with Gasteiger partial charge in [-0.15, -0.1) is 0 Å². The van der Waals surface area contributed by atoms with Gasteiger partial charge in [0, 0.05) is 17.3 Å². The van der Waals surface area contributed by atoms with E-state index < -0.39 is 12.1 Å². The SMILES string of the molecule is CCN(CC(=O)Nc1cc(Cl)ccc1C)C(=O)[C@@H](C)NC(=O)OCc1ccccc1. The van der Waals surface area contributed by atoms with Crippen LogP contribution in [0.15, 0.2) is 48.5 Å². The quantitative estimate of drug-likeness (QED) is 0.666. The number of likely N-dealkylation sites (N-methyl/N-ethyl adjacent to an activating group) is 1. The third-order valence-electron chi connectivity index (χ3n) is 4.42. The van der Waals surface area contributed by atoms with Crippen LogP contribution in [0.25, 0.3) is 0 Å². The lowest BCUT2D eigenvalue weighted by molar-refractivity contribution is -0.135. The number of rotatable bonds is 8. The van der Waals surface area contributed by atoms with Gasteiger partial charge < -0.3 is 20.3 Å². The zero-order valence-corrected chi connectivity index (χ0v) is 18.0. The number of alkyl carbamates (subject to hydrolysis) is 1. The fourth-order valence-electron chi connectivity index (χ4n) is 2.71. The molecule has 8 heteroatoms. The number of anilines is 1. The number of aryl methyl sites for hydroxylation is 1. The van der Waals surface area contributed by atoms with Gasteiger partial charge in [-0.3, -0.25) is 9.59 Å². The van der Waals surface area contributed by atoms with Gasteiger partial charge in [-0.25, -0.2) is 4.79 Å². The largest absolute Gasteiger partial charge is 0.445 e. The van der Waals surface area contributed by atoms with Crippen LogP contribution in [-0.4, -0.2) is 41.9 Å². The van der Waals surface area contributed by atoms with Gasteiger partial charge in [-0.1, -0.05) is 48.0 Å². The van der Waals surface area contributed by atoms with Crippen LogP contribution >= 0.6 is 11.6 Å². The monoisotopic (exact) mass is 431 g/mol. The highest BCUT2D eigenvalue weighted by Crippen LogP contribution is 2.20. The van der Waals surface area contributed by atoms with E-state index in [2.05, 4.69) is 10.6 Å². The predicted octanol–water partition coefficient (Wildman–Crippen LogP) is 3.75. The second kappa shape index (κ2) is 11.2. The fraction of sp³-hybridized carbons (Fsp3) is 0.318. The van der Waals surface area contributed by atoms with Crippen LogP contribution in [-0.2, 0) is 20.9 Å². The first-order chi connectivity index (χ1) is 14.3. The van der Waals surface area contributed by atoms with E-state index in [4.69, 9.17) is 16.3 Å². The number of nitrogens with zero attached hydrogens (tertiary/aromatic N) is 1. The van der Waals surface area contributed by atoms with E-state index in [1.807, 2.05) is 37.3 Å². The number of ether oxygens (including phenoxy) is 1. The zero-order valence-electron chi connectivity index (χ0n) is 17.3. The van der Waals surface area contributed by atoms with Gasteiger partial charge in [0.25, 0.3) is 0 Å². The van der Waals surface area contributed by atoms with Crippen LogP contribution in [0.5, 0.6) is 0 Å². The van der Waals surface area contributed by atoms with Gasteiger partial charge in [0.2, 0.25) is 11.8 Å². The maximum absolute atomic E-state index is 12.6. The number of halogens is 1. The van der Waals surface area contributed by atoms with Crippen molar-refractivity contribution < 1.29 is 19.1 Å². The number of amides is 3. The van der Waals surface area contributed by atoms with E-state index in [0.717, 1.165) is 11.1 Å².